The van der Waals surface area contributed by atoms with E-state index in [-0.39, 0.29) is 0 Å². The first-order valence-electron chi connectivity index (χ1n) is 3.99. The van der Waals surface area contributed by atoms with Crippen LogP contribution in [-0.2, 0) is 9.63 Å². The van der Waals surface area contributed by atoms with Crippen LogP contribution in [0.2, 0.25) is 0 Å². The van der Waals surface area contributed by atoms with E-state index in [4.69, 9.17) is 5.73 Å². The number of rotatable bonds is 6. The lowest BCUT2D eigenvalue weighted by molar-refractivity contribution is -0.133. The first-order valence-corrected chi connectivity index (χ1v) is 5.39. The van der Waals surface area contributed by atoms with Crippen LogP contribution in [0.4, 0.5) is 4.79 Å². The van der Waals surface area contributed by atoms with E-state index in [0.717, 1.165) is 5.75 Å². The van der Waals surface area contributed by atoms with Crippen LogP contribution in [0, 0.1) is 0 Å². The first-order chi connectivity index (χ1) is 6.61. The molecule has 1 atom stereocenters. The smallest absolute Gasteiger partial charge is 0.312 e. The molecule has 0 saturated heterocycles. The van der Waals surface area contributed by atoms with Gasteiger partial charge in [-0.3, -0.25) is 9.63 Å². The molecule has 0 radical (unpaired) electrons. The van der Waals surface area contributed by atoms with Crippen LogP contribution >= 0.6 is 11.8 Å². The monoisotopic (exact) mass is 221 g/mol. The molecule has 0 aromatic heterocycles. The highest BCUT2D eigenvalue weighted by atomic mass is 32.2. The van der Waals surface area contributed by atoms with Gasteiger partial charge in [0.1, 0.15) is 6.04 Å². The second kappa shape index (κ2) is 7.45. The van der Waals surface area contributed by atoms with Gasteiger partial charge in [-0.2, -0.15) is 11.8 Å². The van der Waals surface area contributed by atoms with Crippen LogP contribution in [0.25, 0.3) is 0 Å². The van der Waals surface area contributed by atoms with Crippen molar-refractivity contribution in [2.45, 2.75) is 12.5 Å². The summed E-state index contributed by atoms with van der Waals surface area (Å²) in [5.41, 5.74) is 7.06. The van der Waals surface area contributed by atoms with Crippen LogP contribution in [0.3, 0.4) is 0 Å². The molecule has 7 heteroatoms. The third-order valence-electron chi connectivity index (χ3n) is 1.45. The highest BCUT2D eigenvalue weighted by Crippen LogP contribution is 2.00. The number of carbonyl (C=O) groups is 2. The highest BCUT2D eigenvalue weighted by Gasteiger charge is 2.18. The van der Waals surface area contributed by atoms with Gasteiger partial charge < -0.3 is 11.1 Å². The molecule has 0 fully saturated rings. The van der Waals surface area contributed by atoms with E-state index < -0.39 is 18.0 Å². The Balaban J connectivity index is 4.08. The van der Waals surface area contributed by atoms with Crippen molar-refractivity contribution in [1.82, 2.24) is 10.8 Å². The molecule has 0 aromatic rings. The lowest BCUT2D eigenvalue weighted by Gasteiger charge is -2.15. The van der Waals surface area contributed by atoms with Crippen LogP contribution < -0.4 is 16.5 Å². The molecule has 82 valence electrons. The minimum Gasteiger partial charge on any atom is -0.352 e. The molecule has 1 unspecified atom stereocenters. The molecule has 0 aliphatic heterocycles. The third-order valence-corrected chi connectivity index (χ3v) is 2.09. The minimum atomic E-state index is -0.720. The van der Waals surface area contributed by atoms with E-state index in [1.54, 1.807) is 11.8 Å². The summed E-state index contributed by atoms with van der Waals surface area (Å²) in [7, 11) is 1.33. The van der Waals surface area contributed by atoms with Gasteiger partial charge in [0.2, 0.25) is 0 Å². The topological polar surface area (TPSA) is 93.4 Å². The van der Waals surface area contributed by atoms with Crippen LogP contribution in [0.5, 0.6) is 0 Å². The maximum absolute atomic E-state index is 11.3. The molecular weight excluding hydrogens is 206 g/mol. The second-order valence-electron chi connectivity index (χ2n) is 2.51. The van der Waals surface area contributed by atoms with Crippen molar-refractivity contribution in [1.29, 1.82) is 0 Å². The summed E-state index contributed by atoms with van der Waals surface area (Å²) in [5, 5.41) is 2.33. The van der Waals surface area contributed by atoms with Crippen molar-refractivity contribution in [2.24, 2.45) is 5.73 Å². The van der Waals surface area contributed by atoms with Gasteiger partial charge in [-0.25, -0.2) is 10.3 Å². The number of amides is 3. The molecule has 0 aliphatic rings. The van der Waals surface area contributed by atoms with Gasteiger partial charge in [0.25, 0.3) is 5.91 Å². The lowest BCUT2D eigenvalue weighted by Crippen LogP contribution is -2.48. The third kappa shape index (κ3) is 5.65. The quantitative estimate of drug-likeness (QED) is 0.525. The van der Waals surface area contributed by atoms with E-state index in [1.807, 2.05) is 6.26 Å². The Kier molecular flexibility index (Phi) is 6.95. The maximum Gasteiger partial charge on any atom is 0.312 e. The Morgan fingerprint density at radius 2 is 2.21 bits per heavy atom. The molecule has 0 aliphatic carbocycles. The summed E-state index contributed by atoms with van der Waals surface area (Å²) >= 11 is 1.58. The van der Waals surface area contributed by atoms with Gasteiger partial charge in [-0.1, -0.05) is 0 Å². The molecule has 0 saturated carbocycles. The molecule has 14 heavy (non-hydrogen) atoms. The average molecular weight is 221 g/mol. The van der Waals surface area contributed by atoms with Crippen molar-refractivity contribution in [2.75, 3.05) is 19.1 Å². The molecule has 0 heterocycles. The maximum atomic E-state index is 11.3. The Bertz CT molecular complexity index is 201. The first kappa shape index (κ1) is 13.1. The molecular formula is C7H15N3O3S. The normalized spacial score (nSPS) is 11.9. The number of nitrogens with two attached hydrogens (primary N) is 1. The fourth-order valence-electron chi connectivity index (χ4n) is 0.848. The number of hydrogen-bond acceptors (Lipinski definition) is 4. The van der Waals surface area contributed by atoms with Gasteiger partial charge in [0.05, 0.1) is 7.11 Å². The van der Waals surface area contributed by atoms with Gasteiger partial charge in [-0.15, -0.1) is 0 Å². The molecule has 0 spiro atoms. The largest absolute Gasteiger partial charge is 0.352 e. The predicted octanol–water partition coefficient (Wildman–Crippen LogP) is -0.546. The van der Waals surface area contributed by atoms with Gasteiger partial charge >= 0.3 is 6.03 Å². The number of hydroxylamine groups is 1. The van der Waals surface area contributed by atoms with Crippen LogP contribution in [0.1, 0.15) is 6.42 Å². The van der Waals surface area contributed by atoms with Crippen LogP contribution in [-0.4, -0.2) is 37.1 Å². The number of nitrogens with one attached hydrogen (secondary N) is 2. The number of thioether (sulfide) groups is 1. The second-order valence-corrected chi connectivity index (χ2v) is 3.50. The highest BCUT2D eigenvalue weighted by molar-refractivity contribution is 7.98. The Morgan fingerprint density at radius 3 is 2.64 bits per heavy atom. The van der Waals surface area contributed by atoms with Crippen molar-refractivity contribution < 1.29 is 14.4 Å². The Labute approximate surface area is 86.9 Å². The zero-order valence-electron chi connectivity index (χ0n) is 8.20. The Morgan fingerprint density at radius 1 is 1.57 bits per heavy atom. The van der Waals surface area contributed by atoms with Crippen molar-refractivity contribution in [3.8, 4) is 0 Å². The summed E-state index contributed by atoms with van der Waals surface area (Å²) in [6.45, 7) is 0. The van der Waals surface area contributed by atoms with Gasteiger partial charge in [-0.05, 0) is 18.4 Å². The fraction of sp³-hybridized carbons (Fsp3) is 0.714. The fourth-order valence-corrected chi connectivity index (χ4v) is 1.32. The summed E-state index contributed by atoms with van der Waals surface area (Å²) < 4.78 is 0. The lowest BCUT2D eigenvalue weighted by atomic mass is 10.2. The molecule has 4 N–H and O–H groups in total. The van der Waals surface area contributed by atoms with Crippen molar-refractivity contribution in [3.63, 3.8) is 0 Å². The van der Waals surface area contributed by atoms with Crippen LogP contribution in [0.15, 0.2) is 0 Å². The Hall–Kier alpha value is -0.950. The SMILES string of the molecule is CONC(=O)C(CCSC)NC(N)=O. The van der Waals surface area contributed by atoms with Crippen molar-refractivity contribution >= 4 is 23.7 Å². The van der Waals surface area contributed by atoms with E-state index in [1.165, 1.54) is 7.11 Å². The van der Waals surface area contributed by atoms with E-state index in [2.05, 4.69) is 15.6 Å². The standard InChI is InChI=1S/C7H15N3O3S/c1-13-10-6(11)5(3-4-14-2)9-7(8)12/h5H,3-4H2,1-2H3,(H,10,11)(H3,8,9,12). The van der Waals surface area contributed by atoms with E-state index in [0.29, 0.717) is 6.42 Å². The van der Waals surface area contributed by atoms with E-state index in [9.17, 15) is 9.59 Å². The predicted molar refractivity (Wildman–Crippen MR) is 54.7 cm³/mol. The number of primary amides is 1. The number of urea groups is 1. The number of carbonyl (C=O) groups excluding carboxylic acids is 2. The molecule has 3 amide bonds. The van der Waals surface area contributed by atoms with Gasteiger partial charge in [0, 0.05) is 0 Å². The molecule has 0 rings (SSSR count). The minimum absolute atomic E-state index is 0.402. The van der Waals surface area contributed by atoms with E-state index >= 15 is 0 Å². The zero-order chi connectivity index (χ0) is 11.0. The zero-order valence-corrected chi connectivity index (χ0v) is 9.02. The summed E-state index contributed by atoms with van der Waals surface area (Å²) in [4.78, 5) is 26.3. The summed E-state index contributed by atoms with van der Waals surface area (Å²) in [6, 6.07) is -1.36. The average Bonchev–Trinajstić information content (AvgIpc) is 2.12. The molecule has 0 bridgehead atoms. The van der Waals surface area contributed by atoms with Crippen molar-refractivity contribution in [3.05, 3.63) is 0 Å². The molecule has 6 nitrogen and oxygen atoms in total. The molecule has 0 aromatic carbocycles. The summed E-state index contributed by atoms with van der Waals surface area (Å²) in [6.07, 6.45) is 2.43. The number of hydrogen-bond donors (Lipinski definition) is 3. The van der Waals surface area contributed by atoms with Gasteiger partial charge in [0.15, 0.2) is 0 Å². The summed E-state index contributed by atoms with van der Waals surface area (Å²) in [5.74, 6) is 0.350.